The van der Waals surface area contributed by atoms with Crippen molar-refractivity contribution in [3.63, 3.8) is 0 Å². The number of guanidine groups is 1. The Morgan fingerprint density at radius 1 is 1.32 bits per heavy atom. The monoisotopic (exact) mass is 324 g/mol. The number of rotatable bonds is 5. The van der Waals surface area contributed by atoms with Crippen molar-refractivity contribution in [3.8, 4) is 0 Å². The number of aryl methyl sites for hydroxylation is 2. The molecule has 1 aliphatic rings. The highest BCUT2D eigenvalue weighted by Crippen LogP contribution is 2.19. The summed E-state index contributed by atoms with van der Waals surface area (Å²) < 4.78 is 0. The van der Waals surface area contributed by atoms with Crippen molar-refractivity contribution in [2.24, 2.45) is 4.99 Å². The van der Waals surface area contributed by atoms with Gasteiger partial charge in [0, 0.05) is 30.4 Å². The molecule has 6 heteroatoms. The van der Waals surface area contributed by atoms with Crippen LogP contribution in [-0.4, -0.2) is 41.3 Å². The van der Waals surface area contributed by atoms with E-state index in [1.165, 1.54) is 4.88 Å². The Kier molecular flexibility index (Phi) is 6.64. The number of thiazole rings is 1. The van der Waals surface area contributed by atoms with Gasteiger partial charge in [0.1, 0.15) is 0 Å². The first-order valence-electron chi connectivity index (χ1n) is 8.24. The number of hydrogen-bond donors (Lipinski definition) is 3. The second-order valence-corrected chi connectivity index (χ2v) is 7.19. The van der Waals surface area contributed by atoms with Crippen LogP contribution >= 0.6 is 11.3 Å². The Morgan fingerprint density at radius 3 is 2.64 bits per heavy atom. The molecule has 1 aromatic heterocycles. The van der Waals surface area contributed by atoms with Crippen molar-refractivity contribution in [1.29, 1.82) is 0 Å². The van der Waals surface area contributed by atoms with E-state index >= 15 is 0 Å². The second kappa shape index (κ2) is 8.48. The molecule has 0 spiro atoms. The zero-order valence-corrected chi connectivity index (χ0v) is 14.7. The summed E-state index contributed by atoms with van der Waals surface area (Å²) in [5, 5.41) is 17.5. The zero-order valence-electron chi connectivity index (χ0n) is 13.9. The van der Waals surface area contributed by atoms with E-state index in [4.69, 9.17) is 0 Å². The third-order valence-electron chi connectivity index (χ3n) is 3.99. The number of nitrogens with one attached hydrogen (secondary N) is 2. The smallest absolute Gasteiger partial charge is 0.191 e. The molecule has 1 saturated carbocycles. The summed E-state index contributed by atoms with van der Waals surface area (Å²) >= 11 is 1.77. The highest BCUT2D eigenvalue weighted by Gasteiger charge is 2.19. The molecule has 3 N–H and O–H groups in total. The van der Waals surface area contributed by atoms with Gasteiger partial charge in [0.2, 0.25) is 0 Å². The van der Waals surface area contributed by atoms with Crippen LogP contribution in [0.5, 0.6) is 0 Å². The summed E-state index contributed by atoms with van der Waals surface area (Å²) in [6.45, 7) is 7.83. The molecule has 124 valence electrons. The van der Waals surface area contributed by atoms with Crippen molar-refractivity contribution in [1.82, 2.24) is 15.6 Å². The number of nitrogens with zero attached hydrogens (tertiary/aromatic N) is 2. The van der Waals surface area contributed by atoms with Crippen LogP contribution in [0.1, 0.15) is 48.2 Å². The standard InChI is InChI=1S/C16H28N4OS/c1-4-17-16(20-13-5-7-14(21)8-6-13)18-10-9-15-11(2)19-12(3)22-15/h13-14,21H,4-10H2,1-3H3,(H2,17,18,20). The molecule has 0 aromatic carbocycles. The minimum atomic E-state index is -0.116. The molecule has 1 aliphatic carbocycles. The molecule has 0 radical (unpaired) electrons. The van der Waals surface area contributed by atoms with Crippen molar-refractivity contribution < 1.29 is 5.11 Å². The molecule has 0 amide bonds. The van der Waals surface area contributed by atoms with Gasteiger partial charge in [0.25, 0.3) is 0 Å². The Hall–Kier alpha value is -1.14. The van der Waals surface area contributed by atoms with Gasteiger partial charge in [0.05, 0.1) is 16.8 Å². The average Bonchev–Trinajstić information content (AvgIpc) is 2.80. The number of aromatic nitrogens is 1. The highest BCUT2D eigenvalue weighted by molar-refractivity contribution is 7.11. The lowest BCUT2D eigenvalue weighted by atomic mass is 9.93. The SMILES string of the molecule is CCNC(=NCCc1sc(C)nc1C)NC1CCC(O)CC1. The molecule has 0 aliphatic heterocycles. The van der Waals surface area contributed by atoms with Crippen molar-refractivity contribution in [2.45, 2.75) is 65.0 Å². The predicted molar refractivity (Wildman–Crippen MR) is 92.7 cm³/mol. The first-order chi connectivity index (χ1) is 10.6. The molecule has 0 bridgehead atoms. The van der Waals surface area contributed by atoms with Crippen molar-refractivity contribution in [2.75, 3.05) is 13.1 Å². The fourth-order valence-electron chi connectivity index (χ4n) is 2.81. The Labute approximate surface area is 137 Å². The molecule has 1 fully saturated rings. The van der Waals surface area contributed by atoms with Gasteiger partial charge in [-0.15, -0.1) is 11.3 Å². The highest BCUT2D eigenvalue weighted by atomic mass is 32.1. The average molecular weight is 324 g/mol. The minimum absolute atomic E-state index is 0.116. The summed E-state index contributed by atoms with van der Waals surface area (Å²) in [4.78, 5) is 10.5. The predicted octanol–water partition coefficient (Wildman–Crippen LogP) is 2.16. The number of aliphatic imine (C=N–C) groups is 1. The van der Waals surface area contributed by atoms with Gasteiger partial charge in [-0.3, -0.25) is 4.99 Å². The topological polar surface area (TPSA) is 69.5 Å². The van der Waals surface area contributed by atoms with E-state index < -0.39 is 0 Å². The zero-order chi connectivity index (χ0) is 15.9. The van der Waals surface area contributed by atoms with Crippen LogP contribution in [0.3, 0.4) is 0 Å². The van der Waals surface area contributed by atoms with Crippen LogP contribution in [0.25, 0.3) is 0 Å². The van der Waals surface area contributed by atoms with Gasteiger partial charge in [0.15, 0.2) is 5.96 Å². The largest absolute Gasteiger partial charge is 0.393 e. The van der Waals surface area contributed by atoms with Crippen LogP contribution < -0.4 is 10.6 Å². The van der Waals surface area contributed by atoms with Gasteiger partial charge in [-0.2, -0.15) is 0 Å². The lowest BCUT2D eigenvalue weighted by molar-refractivity contribution is 0.120. The van der Waals surface area contributed by atoms with Gasteiger partial charge in [-0.25, -0.2) is 4.98 Å². The maximum atomic E-state index is 9.58. The third-order valence-corrected chi connectivity index (χ3v) is 5.12. The van der Waals surface area contributed by atoms with E-state index in [1.54, 1.807) is 11.3 Å². The van der Waals surface area contributed by atoms with Crippen molar-refractivity contribution in [3.05, 3.63) is 15.6 Å². The van der Waals surface area contributed by atoms with Gasteiger partial charge in [-0.05, 0) is 46.5 Å². The van der Waals surface area contributed by atoms with Crippen LogP contribution in [0, 0.1) is 13.8 Å². The third kappa shape index (κ3) is 5.25. The van der Waals surface area contributed by atoms with Crippen LogP contribution in [-0.2, 0) is 6.42 Å². The molecule has 0 atom stereocenters. The summed E-state index contributed by atoms with van der Waals surface area (Å²) in [6, 6.07) is 0.425. The molecular weight excluding hydrogens is 296 g/mol. The van der Waals surface area contributed by atoms with Gasteiger partial charge >= 0.3 is 0 Å². The molecule has 1 aromatic rings. The normalized spacial score (nSPS) is 22.6. The molecule has 2 rings (SSSR count). The first kappa shape index (κ1) is 17.2. The number of hydrogen-bond acceptors (Lipinski definition) is 4. The van der Waals surface area contributed by atoms with Crippen LogP contribution in [0.4, 0.5) is 0 Å². The van der Waals surface area contributed by atoms with E-state index in [-0.39, 0.29) is 6.10 Å². The van der Waals surface area contributed by atoms with Crippen molar-refractivity contribution >= 4 is 17.3 Å². The lowest BCUT2D eigenvalue weighted by Crippen LogP contribution is -2.45. The molecule has 0 unspecified atom stereocenters. The van der Waals surface area contributed by atoms with Gasteiger partial charge < -0.3 is 15.7 Å². The van der Waals surface area contributed by atoms with E-state index in [2.05, 4.69) is 34.5 Å². The molecule has 5 nitrogen and oxygen atoms in total. The van der Waals surface area contributed by atoms with Gasteiger partial charge in [-0.1, -0.05) is 0 Å². The summed E-state index contributed by atoms with van der Waals surface area (Å²) in [5.74, 6) is 0.891. The number of aliphatic hydroxyl groups excluding tert-OH is 1. The van der Waals surface area contributed by atoms with Crippen LogP contribution in [0.15, 0.2) is 4.99 Å². The fourth-order valence-corrected chi connectivity index (χ4v) is 3.73. The maximum Gasteiger partial charge on any atom is 0.191 e. The Balaban J connectivity index is 1.85. The summed E-state index contributed by atoms with van der Waals surface area (Å²) in [5.41, 5.74) is 1.14. The van der Waals surface area contributed by atoms with E-state index in [0.29, 0.717) is 6.04 Å². The van der Waals surface area contributed by atoms with E-state index in [9.17, 15) is 5.11 Å². The van der Waals surface area contributed by atoms with E-state index in [0.717, 1.165) is 61.9 Å². The van der Waals surface area contributed by atoms with Crippen LogP contribution in [0.2, 0.25) is 0 Å². The fraction of sp³-hybridized carbons (Fsp3) is 0.750. The molecule has 1 heterocycles. The first-order valence-corrected chi connectivity index (χ1v) is 9.06. The Morgan fingerprint density at radius 2 is 2.05 bits per heavy atom. The quantitative estimate of drug-likeness (QED) is 0.573. The minimum Gasteiger partial charge on any atom is -0.393 e. The number of aliphatic hydroxyl groups is 1. The lowest BCUT2D eigenvalue weighted by Gasteiger charge is -2.27. The van der Waals surface area contributed by atoms with E-state index in [1.807, 2.05) is 6.92 Å². The second-order valence-electron chi connectivity index (χ2n) is 5.90. The molecular formula is C16H28N4OS. The molecule has 0 saturated heterocycles. The molecule has 22 heavy (non-hydrogen) atoms. The summed E-state index contributed by atoms with van der Waals surface area (Å²) in [7, 11) is 0. The maximum absolute atomic E-state index is 9.58. The Bertz CT molecular complexity index is 492. The summed E-state index contributed by atoms with van der Waals surface area (Å²) in [6.07, 6.45) is 4.62.